The third-order valence-corrected chi connectivity index (χ3v) is 5.28. The number of nitrogens with zero attached hydrogens (tertiary/aromatic N) is 1. The average molecular weight is 340 g/mol. The number of likely N-dealkylation sites (tertiary alicyclic amines) is 1. The summed E-state index contributed by atoms with van der Waals surface area (Å²) in [6.45, 7) is 3.83. The minimum Gasteiger partial charge on any atom is -0.480 e. The van der Waals surface area contributed by atoms with E-state index in [1.54, 1.807) is 13.8 Å². The predicted molar refractivity (Wildman–Crippen MR) is 83.6 cm³/mol. The maximum Gasteiger partial charge on any atom is 0.326 e. The molecule has 1 aromatic carbocycles. The second-order valence-corrected chi connectivity index (χ2v) is 7.51. The highest BCUT2D eigenvalue weighted by Crippen LogP contribution is 2.21. The second-order valence-electron chi connectivity index (χ2n) is 5.80. The molecule has 0 aliphatic carbocycles. The number of aliphatic carboxylic acids is 1. The molecule has 7 nitrogen and oxygen atoms in total. The lowest BCUT2D eigenvalue weighted by molar-refractivity contribution is -0.141. The lowest BCUT2D eigenvalue weighted by Crippen LogP contribution is -2.40. The summed E-state index contributed by atoms with van der Waals surface area (Å²) in [5.74, 6) is -1.41. The number of benzene rings is 1. The SMILES string of the molecule is CC(C)NS(=O)(=O)c1ccc(C(=O)N2CCCC2C(=O)O)cc1. The molecule has 1 aromatic rings. The highest BCUT2D eigenvalue weighted by Gasteiger charge is 2.34. The molecule has 1 unspecified atom stereocenters. The van der Waals surface area contributed by atoms with Crippen molar-refractivity contribution in [2.45, 2.75) is 43.7 Å². The van der Waals surface area contributed by atoms with Crippen LogP contribution in [0, 0.1) is 0 Å². The number of hydrogen-bond acceptors (Lipinski definition) is 4. The molecule has 126 valence electrons. The zero-order valence-corrected chi connectivity index (χ0v) is 13.8. The molecule has 1 atom stereocenters. The van der Waals surface area contributed by atoms with Gasteiger partial charge in [-0.3, -0.25) is 4.79 Å². The molecular formula is C15H20N2O5S. The summed E-state index contributed by atoms with van der Waals surface area (Å²) < 4.78 is 26.5. The van der Waals surface area contributed by atoms with E-state index in [9.17, 15) is 18.0 Å². The van der Waals surface area contributed by atoms with Gasteiger partial charge in [-0.25, -0.2) is 17.9 Å². The number of carboxylic acids is 1. The van der Waals surface area contributed by atoms with Gasteiger partial charge in [0.15, 0.2) is 0 Å². The van der Waals surface area contributed by atoms with Gasteiger partial charge in [-0.15, -0.1) is 0 Å². The normalized spacial score (nSPS) is 18.4. The fourth-order valence-electron chi connectivity index (χ4n) is 2.59. The van der Waals surface area contributed by atoms with E-state index in [0.717, 1.165) is 0 Å². The smallest absolute Gasteiger partial charge is 0.326 e. The van der Waals surface area contributed by atoms with Crippen molar-refractivity contribution in [3.63, 3.8) is 0 Å². The third-order valence-electron chi connectivity index (χ3n) is 3.60. The van der Waals surface area contributed by atoms with Crippen LogP contribution in [0.25, 0.3) is 0 Å². The first-order valence-electron chi connectivity index (χ1n) is 7.38. The number of carbonyl (C=O) groups is 2. The van der Waals surface area contributed by atoms with Gasteiger partial charge < -0.3 is 10.0 Å². The van der Waals surface area contributed by atoms with E-state index < -0.39 is 27.9 Å². The number of sulfonamides is 1. The minimum absolute atomic E-state index is 0.0685. The summed E-state index contributed by atoms with van der Waals surface area (Å²) >= 11 is 0. The van der Waals surface area contributed by atoms with Crippen molar-refractivity contribution in [3.8, 4) is 0 Å². The molecule has 23 heavy (non-hydrogen) atoms. The van der Waals surface area contributed by atoms with Gasteiger partial charge in [0.05, 0.1) is 4.90 Å². The molecule has 0 bridgehead atoms. The molecular weight excluding hydrogens is 320 g/mol. The van der Waals surface area contributed by atoms with E-state index in [0.29, 0.717) is 19.4 Å². The second kappa shape index (κ2) is 6.67. The first-order chi connectivity index (χ1) is 10.7. The van der Waals surface area contributed by atoms with E-state index >= 15 is 0 Å². The number of carboxylic acid groups (broad SMARTS) is 1. The topological polar surface area (TPSA) is 104 Å². The lowest BCUT2D eigenvalue weighted by Gasteiger charge is -2.21. The standard InChI is InChI=1S/C15H20N2O5S/c1-10(2)16-23(21,22)12-7-5-11(6-8-12)14(18)17-9-3-4-13(17)15(19)20/h5-8,10,13,16H,3-4,9H2,1-2H3,(H,19,20). The number of hydrogen-bond donors (Lipinski definition) is 2. The Morgan fingerprint density at radius 1 is 1.26 bits per heavy atom. The van der Waals surface area contributed by atoms with Crippen molar-refractivity contribution in [3.05, 3.63) is 29.8 Å². The maximum absolute atomic E-state index is 12.4. The van der Waals surface area contributed by atoms with E-state index in [-0.39, 0.29) is 16.5 Å². The number of nitrogens with one attached hydrogen (secondary N) is 1. The van der Waals surface area contributed by atoms with Gasteiger partial charge in [-0.2, -0.15) is 0 Å². The Morgan fingerprint density at radius 2 is 1.87 bits per heavy atom. The lowest BCUT2D eigenvalue weighted by atomic mass is 10.1. The monoisotopic (exact) mass is 340 g/mol. The molecule has 2 N–H and O–H groups in total. The van der Waals surface area contributed by atoms with Gasteiger partial charge in [0.2, 0.25) is 10.0 Å². The Labute approximate surface area is 135 Å². The van der Waals surface area contributed by atoms with Crippen LogP contribution in [0.15, 0.2) is 29.2 Å². The largest absolute Gasteiger partial charge is 0.480 e. The van der Waals surface area contributed by atoms with Crippen LogP contribution in [0.1, 0.15) is 37.0 Å². The van der Waals surface area contributed by atoms with Gasteiger partial charge in [0.1, 0.15) is 6.04 Å². The molecule has 0 radical (unpaired) electrons. The molecule has 2 rings (SSSR count). The van der Waals surface area contributed by atoms with Crippen LogP contribution in [0.5, 0.6) is 0 Å². The zero-order chi connectivity index (χ0) is 17.2. The van der Waals surface area contributed by atoms with Crippen LogP contribution >= 0.6 is 0 Å². The summed E-state index contributed by atoms with van der Waals surface area (Å²) in [5.41, 5.74) is 0.279. The van der Waals surface area contributed by atoms with Gasteiger partial charge in [-0.1, -0.05) is 0 Å². The van der Waals surface area contributed by atoms with Crippen molar-refractivity contribution in [1.29, 1.82) is 0 Å². The summed E-state index contributed by atoms with van der Waals surface area (Å²) in [6.07, 6.45) is 1.08. The Bertz CT molecular complexity index is 697. The van der Waals surface area contributed by atoms with Gasteiger partial charge in [-0.05, 0) is 51.0 Å². The third kappa shape index (κ3) is 3.89. The fourth-order valence-corrected chi connectivity index (χ4v) is 3.84. The fraction of sp³-hybridized carbons (Fsp3) is 0.467. The van der Waals surface area contributed by atoms with E-state index in [1.165, 1.54) is 29.2 Å². The molecule has 0 saturated carbocycles. The van der Waals surface area contributed by atoms with E-state index in [4.69, 9.17) is 5.11 Å². The minimum atomic E-state index is -3.61. The van der Waals surface area contributed by atoms with Crippen LogP contribution in [-0.4, -0.2) is 48.9 Å². The number of carbonyl (C=O) groups excluding carboxylic acids is 1. The summed E-state index contributed by atoms with van der Waals surface area (Å²) in [6, 6.07) is 4.48. The Morgan fingerprint density at radius 3 is 2.39 bits per heavy atom. The predicted octanol–water partition coefficient (Wildman–Crippen LogP) is 1.06. The van der Waals surface area contributed by atoms with Crippen LogP contribution in [0.3, 0.4) is 0 Å². The van der Waals surface area contributed by atoms with Crippen LogP contribution < -0.4 is 4.72 Å². The molecule has 1 amide bonds. The van der Waals surface area contributed by atoms with Crippen LogP contribution in [0.2, 0.25) is 0 Å². The Kier molecular flexibility index (Phi) is 5.06. The van der Waals surface area contributed by atoms with Gasteiger partial charge >= 0.3 is 5.97 Å². The van der Waals surface area contributed by atoms with Crippen molar-refractivity contribution in [2.75, 3.05) is 6.54 Å². The summed E-state index contributed by atoms with van der Waals surface area (Å²) in [5, 5.41) is 9.13. The molecule has 0 spiro atoms. The number of amides is 1. The van der Waals surface area contributed by atoms with Crippen molar-refractivity contribution >= 4 is 21.9 Å². The first-order valence-corrected chi connectivity index (χ1v) is 8.87. The van der Waals surface area contributed by atoms with Gasteiger partial charge in [0.25, 0.3) is 5.91 Å². The highest BCUT2D eigenvalue weighted by atomic mass is 32.2. The Hall–Kier alpha value is -1.93. The number of rotatable bonds is 5. The highest BCUT2D eigenvalue weighted by molar-refractivity contribution is 7.89. The van der Waals surface area contributed by atoms with Crippen molar-refractivity contribution < 1.29 is 23.1 Å². The molecule has 8 heteroatoms. The van der Waals surface area contributed by atoms with E-state index in [1.807, 2.05) is 0 Å². The molecule has 1 aliphatic rings. The summed E-state index contributed by atoms with van der Waals surface area (Å²) in [7, 11) is -3.61. The quantitative estimate of drug-likeness (QED) is 0.834. The van der Waals surface area contributed by atoms with Gasteiger partial charge in [0, 0.05) is 18.2 Å². The zero-order valence-electron chi connectivity index (χ0n) is 13.0. The molecule has 1 heterocycles. The molecule has 1 fully saturated rings. The summed E-state index contributed by atoms with van der Waals surface area (Å²) in [4.78, 5) is 24.9. The van der Waals surface area contributed by atoms with E-state index in [2.05, 4.69) is 4.72 Å². The van der Waals surface area contributed by atoms with Crippen LogP contribution in [-0.2, 0) is 14.8 Å². The first kappa shape index (κ1) is 17.4. The van der Waals surface area contributed by atoms with Crippen molar-refractivity contribution in [1.82, 2.24) is 9.62 Å². The Balaban J connectivity index is 2.19. The average Bonchev–Trinajstić information content (AvgIpc) is 2.95. The molecule has 1 aliphatic heterocycles. The van der Waals surface area contributed by atoms with Crippen molar-refractivity contribution in [2.24, 2.45) is 0 Å². The van der Waals surface area contributed by atoms with Crippen LogP contribution in [0.4, 0.5) is 0 Å². The molecule has 0 aromatic heterocycles. The maximum atomic E-state index is 12.4. The molecule has 1 saturated heterocycles.